The summed E-state index contributed by atoms with van der Waals surface area (Å²) in [5.41, 5.74) is -3.96. The van der Waals surface area contributed by atoms with Gasteiger partial charge >= 0.3 is 6.18 Å². The lowest BCUT2D eigenvalue weighted by Crippen LogP contribution is -2.51. The van der Waals surface area contributed by atoms with Gasteiger partial charge in [0.15, 0.2) is 22.7 Å². The van der Waals surface area contributed by atoms with Gasteiger partial charge in [0.05, 0.1) is 9.73 Å². The first kappa shape index (κ1) is 25.3. The third-order valence-corrected chi connectivity index (χ3v) is 7.29. The minimum absolute atomic E-state index is 0.0149. The number of aromatic amines is 1. The van der Waals surface area contributed by atoms with Crippen LogP contribution in [0.1, 0.15) is 41.5 Å². The third-order valence-electron chi connectivity index (χ3n) is 6.00. The monoisotopic (exact) mass is 494 g/mol. The predicted molar refractivity (Wildman–Crippen MR) is 110 cm³/mol. The van der Waals surface area contributed by atoms with Crippen molar-refractivity contribution in [2.45, 2.75) is 55.6 Å². The molecule has 0 saturated carbocycles. The van der Waals surface area contributed by atoms with Gasteiger partial charge in [-0.1, -0.05) is 6.07 Å². The number of aryl methyl sites for hydroxylation is 1. The molecule has 2 N–H and O–H groups in total. The van der Waals surface area contributed by atoms with Gasteiger partial charge in [-0.2, -0.15) is 13.2 Å². The zero-order valence-corrected chi connectivity index (χ0v) is 19.2. The molecule has 1 saturated heterocycles. The van der Waals surface area contributed by atoms with Gasteiger partial charge in [0, 0.05) is 36.7 Å². The van der Waals surface area contributed by atoms with E-state index in [4.69, 9.17) is 14.3 Å². The van der Waals surface area contributed by atoms with Gasteiger partial charge in [-0.3, -0.25) is 4.79 Å². The molecule has 0 amide bonds. The highest BCUT2D eigenvalue weighted by Crippen LogP contribution is 2.56. The van der Waals surface area contributed by atoms with Crippen LogP contribution >= 0.6 is 0 Å². The Kier molecular flexibility index (Phi) is 6.27. The van der Waals surface area contributed by atoms with Crippen LogP contribution in [0.2, 0.25) is 0 Å². The van der Waals surface area contributed by atoms with Crippen LogP contribution in [0.4, 0.5) is 22.0 Å². The predicted octanol–water partition coefficient (Wildman–Crippen LogP) is 4.50. The molecule has 182 valence electrons. The van der Waals surface area contributed by atoms with Gasteiger partial charge in [0.2, 0.25) is 0 Å². The molecule has 6 nitrogen and oxygen atoms in total. The highest BCUT2D eigenvalue weighted by molar-refractivity contribution is 7.91. The number of alkyl halides is 3. The van der Waals surface area contributed by atoms with Crippen molar-refractivity contribution in [2.24, 2.45) is 0 Å². The SMILES string of the molecule is CO[C@H]1[C@@H](c2ccc(F)c(F)c2C)[C@H](c2cc(=O)c([S@](C)(=N)=O)c(C)[nH]2)O[C@@]1(C)C(F)(F)F. The molecule has 2 aromatic rings. The second-order valence-corrected chi connectivity index (χ2v) is 10.4. The average molecular weight is 494 g/mol. The Morgan fingerprint density at radius 1 is 1.24 bits per heavy atom. The lowest BCUT2D eigenvalue weighted by molar-refractivity contribution is -0.286. The highest BCUT2D eigenvalue weighted by atomic mass is 32.2. The molecular weight excluding hydrogens is 471 g/mol. The second-order valence-electron chi connectivity index (χ2n) is 8.29. The zero-order valence-electron chi connectivity index (χ0n) is 18.4. The summed E-state index contributed by atoms with van der Waals surface area (Å²) >= 11 is 0. The van der Waals surface area contributed by atoms with Crippen LogP contribution in [0.25, 0.3) is 0 Å². The molecule has 1 aromatic carbocycles. The number of halogens is 5. The Balaban J connectivity index is 2.31. The number of rotatable bonds is 4. The molecule has 1 aromatic heterocycles. The summed E-state index contributed by atoms with van der Waals surface area (Å²) in [6, 6.07) is 2.88. The zero-order chi connectivity index (χ0) is 25.1. The molecule has 2 heterocycles. The lowest BCUT2D eigenvalue weighted by atomic mass is 9.81. The number of H-pyrrole nitrogens is 1. The van der Waals surface area contributed by atoms with Crippen LogP contribution in [0, 0.1) is 30.3 Å². The summed E-state index contributed by atoms with van der Waals surface area (Å²) in [5.74, 6) is -3.68. The van der Waals surface area contributed by atoms with Crippen molar-refractivity contribution in [3.63, 3.8) is 0 Å². The van der Waals surface area contributed by atoms with Crippen molar-refractivity contribution in [1.29, 1.82) is 4.78 Å². The minimum Gasteiger partial charge on any atom is -0.377 e. The van der Waals surface area contributed by atoms with E-state index < -0.39 is 56.7 Å². The summed E-state index contributed by atoms with van der Waals surface area (Å²) in [6.45, 7) is 3.37. The Labute approximate surface area is 187 Å². The molecular formula is C21H23F5N2O4S. The minimum atomic E-state index is -4.92. The van der Waals surface area contributed by atoms with E-state index >= 15 is 0 Å². The summed E-state index contributed by atoms with van der Waals surface area (Å²) in [5, 5.41) is 0. The van der Waals surface area contributed by atoms with Crippen molar-refractivity contribution in [2.75, 3.05) is 13.4 Å². The first-order valence-corrected chi connectivity index (χ1v) is 11.7. The fraction of sp³-hybridized carbons (Fsp3) is 0.476. The standard InChI is InChI=1S/C21H23F5N2O4S/c1-9-11(6-7-12(22)16(9)23)15-17(32-20(3,19(15)31-4)21(24,25)26)13-8-14(29)18(10(2)28-13)33(5,27)30/h6-8,15,17,19,27H,1-5H3,(H,28,29)/t15-,17-,19-,20+,33+/m0/s1. The molecule has 0 spiro atoms. The molecule has 5 atom stereocenters. The first-order chi connectivity index (χ1) is 15.0. The molecule has 1 aliphatic heterocycles. The van der Waals surface area contributed by atoms with Crippen molar-refractivity contribution >= 4 is 9.73 Å². The molecule has 33 heavy (non-hydrogen) atoms. The number of aromatic nitrogens is 1. The maximum atomic E-state index is 14.4. The van der Waals surface area contributed by atoms with E-state index in [0.29, 0.717) is 0 Å². The van der Waals surface area contributed by atoms with Crippen molar-refractivity contribution in [1.82, 2.24) is 4.98 Å². The quantitative estimate of drug-likeness (QED) is 0.613. The molecule has 0 aliphatic carbocycles. The van der Waals surface area contributed by atoms with Gasteiger partial charge < -0.3 is 14.5 Å². The van der Waals surface area contributed by atoms with E-state index in [1.165, 1.54) is 13.8 Å². The van der Waals surface area contributed by atoms with Gasteiger partial charge in [-0.15, -0.1) is 0 Å². The molecule has 3 rings (SSSR count). The summed E-state index contributed by atoms with van der Waals surface area (Å²) in [7, 11) is -2.38. The number of methoxy groups -OCH3 is 1. The van der Waals surface area contributed by atoms with Gasteiger partial charge in [-0.25, -0.2) is 17.8 Å². The second kappa shape index (κ2) is 8.17. The van der Waals surface area contributed by atoms with Crippen LogP contribution < -0.4 is 5.43 Å². The van der Waals surface area contributed by atoms with E-state index in [-0.39, 0.29) is 27.4 Å². The fourth-order valence-electron chi connectivity index (χ4n) is 4.45. The molecule has 0 bridgehead atoms. The largest absolute Gasteiger partial charge is 0.419 e. The molecule has 0 radical (unpaired) electrons. The molecule has 0 unspecified atom stereocenters. The van der Waals surface area contributed by atoms with Crippen LogP contribution in [-0.4, -0.2) is 40.4 Å². The fourth-order valence-corrected chi connectivity index (χ4v) is 5.53. The molecule has 12 heteroatoms. The maximum absolute atomic E-state index is 14.4. The van der Waals surface area contributed by atoms with Crippen LogP contribution in [0.3, 0.4) is 0 Å². The smallest absolute Gasteiger partial charge is 0.377 e. The van der Waals surface area contributed by atoms with Crippen molar-refractivity contribution < 1.29 is 35.6 Å². The van der Waals surface area contributed by atoms with E-state index in [1.807, 2.05) is 0 Å². The first-order valence-electron chi connectivity index (χ1n) is 9.74. The van der Waals surface area contributed by atoms with Gasteiger partial charge in [-0.05, 0) is 38.0 Å². The Morgan fingerprint density at radius 2 is 1.85 bits per heavy atom. The van der Waals surface area contributed by atoms with E-state index in [1.54, 1.807) is 0 Å². The van der Waals surface area contributed by atoms with Crippen molar-refractivity contribution in [3.05, 3.63) is 62.6 Å². The van der Waals surface area contributed by atoms with E-state index in [0.717, 1.165) is 38.5 Å². The van der Waals surface area contributed by atoms with E-state index in [9.17, 15) is 31.0 Å². The Bertz CT molecular complexity index is 1260. The maximum Gasteiger partial charge on any atom is 0.419 e. The molecule has 1 fully saturated rings. The van der Waals surface area contributed by atoms with Crippen LogP contribution in [0.5, 0.6) is 0 Å². The summed E-state index contributed by atoms with van der Waals surface area (Å²) in [6.07, 6.45) is -7.03. The number of hydrogen-bond donors (Lipinski definition) is 2. The number of hydrogen-bond acceptors (Lipinski definition) is 5. The molecule has 1 aliphatic rings. The summed E-state index contributed by atoms with van der Waals surface area (Å²) in [4.78, 5) is 15.1. The Hall–Kier alpha value is -2.31. The highest BCUT2D eigenvalue weighted by Gasteiger charge is 2.67. The van der Waals surface area contributed by atoms with Crippen LogP contribution in [0.15, 0.2) is 27.9 Å². The summed E-state index contributed by atoms with van der Waals surface area (Å²) < 4.78 is 101. The van der Waals surface area contributed by atoms with Crippen LogP contribution in [-0.2, 0) is 19.2 Å². The topological polar surface area (TPSA) is 92.2 Å². The van der Waals surface area contributed by atoms with Gasteiger partial charge in [0.25, 0.3) is 0 Å². The van der Waals surface area contributed by atoms with Gasteiger partial charge in [0.1, 0.15) is 17.1 Å². The number of benzene rings is 1. The number of ether oxygens (including phenoxy) is 2. The lowest BCUT2D eigenvalue weighted by Gasteiger charge is -2.33. The normalized spacial score (nSPS) is 27.5. The third kappa shape index (κ3) is 4.08. The Morgan fingerprint density at radius 3 is 2.33 bits per heavy atom. The van der Waals surface area contributed by atoms with E-state index in [2.05, 4.69) is 4.98 Å². The number of nitrogens with one attached hydrogen (secondary N) is 2. The number of pyridine rings is 1. The van der Waals surface area contributed by atoms with Crippen molar-refractivity contribution in [3.8, 4) is 0 Å². The average Bonchev–Trinajstić information content (AvgIpc) is 2.98.